The van der Waals surface area contributed by atoms with Gasteiger partial charge in [-0.1, -0.05) is 29.3 Å². The van der Waals surface area contributed by atoms with Crippen molar-refractivity contribution in [2.45, 2.75) is 38.3 Å². The lowest BCUT2D eigenvalue weighted by Crippen LogP contribution is -2.21. The Labute approximate surface area is 175 Å². The van der Waals surface area contributed by atoms with Gasteiger partial charge in [0.2, 0.25) is 5.91 Å². The number of benzene rings is 1. The van der Waals surface area contributed by atoms with Crippen LogP contribution in [0, 0.1) is 0 Å². The zero-order chi connectivity index (χ0) is 20.5. The number of halogens is 4. The first-order chi connectivity index (χ1) is 13.9. The van der Waals surface area contributed by atoms with Gasteiger partial charge in [-0.05, 0) is 31.0 Å². The van der Waals surface area contributed by atoms with Crippen LogP contribution in [0.1, 0.15) is 42.1 Å². The van der Waals surface area contributed by atoms with E-state index in [2.05, 4.69) is 15.5 Å². The Hall–Kier alpha value is -2.45. The SMILES string of the molecule is O=C(Cn1nc(C2CC2)cc1C(F)F)Nc1ccn(Cc2c(Cl)cccc2Cl)n1. The molecule has 1 saturated carbocycles. The van der Waals surface area contributed by atoms with E-state index in [0.29, 0.717) is 33.7 Å². The first kappa shape index (κ1) is 19.8. The zero-order valence-corrected chi connectivity index (χ0v) is 16.7. The second-order valence-corrected chi connectivity index (χ2v) is 7.69. The molecule has 0 spiro atoms. The summed E-state index contributed by atoms with van der Waals surface area (Å²) >= 11 is 12.3. The number of nitrogens with one attached hydrogen (secondary N) is 1. The smallest absolute Gasteiger partial charge is 0.280 e. The normalized spacial score (nSPS) is 13.8. The molecule has 1 aromatic carbocycles. The van der Waals surface area contributed by atoms with Crippen molar-refractivity contribution in [3.63, 3.8) is 0 Å². The van der Waals surface area contributed by atoms with Crippen molar-refractivity contribution in [2.24, 2.45) is 0 Å². The topological polar surface area (TPSA) is 64.7 Å². The number of carbonyl (C=O) groups excluding carboxylic acids is 1. The predicted octanol–water partition coefficient (Wildman–Crippen LogP) is 4.89. The maximum Gasteiger partial charge on any atom is 0.280 e. The average molecular weight is 440 g/mol. The van der Waals surface area contributed by atoms with Gasteiger partial charge in [0.05, 0.1) is 12.2 Å². The quantitative estimate of drug-likeness (QED) is 0.569. The molecule has 1 aliphatic rings. The summed E-state index contributed by atoms with van der Waals surface area (Å²) in [6, 6.07) is 8.21. The summed E-state index contributed by atoms with van der Waals surface area (Å²) in [7, 11) is 0. The van der Waals surface area contributed by atoms with Crippen LogP contribution in [0.2, 0.25) is 10.0 Å². The van der Waals surface area contributed by atoms with Gasteiger partial charge in [0.15, 0.2) is 5.82 Å². The summed E-state index contributed by atoms with van der Waals surface area (Å²) in [5, 5.41) is 12.1. The van der Waals surface area contributed by atoms with Crippen molar-refractivity contribution < 1.29 is 13.6 Å². The zero-order valence-electron chi connectivity index (χ0n) is 15.2. The molecule has 10 heteroatoms. The van der Waals surface area contributed by atoms with Crippen LogP contribution < -0.4 is 5.32 Å². The lowest BCUT2D eigenvalue weighted by Gasteiger charge is -2.08. The minimum Gasteiger partial charge on any atom is -0.308 e. The third-order valence-electron chi connectivity index (χ3n) is 4.63. The fourth-order valence-corrected chi connectivity index (χ4v) is 3.53. The van der Waals surface area contributed by atoms with Crippen LogP contribution in [0.5, 0.6) is 0 Å². The second-order valence-electron chi connectivity index (χ2n) is 6.87. The number of aromatic nitrogens is 4. The first-order valence-electron chi connectivity index (χ1n) is 9.02. The molecule has 2 aromatic heterocycles. The van der Waals surface area contributed by atoms with Gasteiger partial charge >= 0.3 is 0 Å². The van der Waals surface area contributed by atoms with E-state index in [0.717, 1.165) is 17.5 Å². The van der Waals surface area contributed by atoms with Crippen LogP contribution in [0.4, 0.5) is 14.6 Å². The van der Waals surface area contributed by atoms with E-state index in [1.807, 2.05) is 0 Å². The lowest BCUT2D eigenvalue weighted by molar-refractivity contribution is -0.117. The molecule has 4 rings (SSSR count). The highest BCUT2D eigenvalue weighted by Crippen LogP contribution is 2.40. The van der Waals surface area contributed by atoms with Gasteiger partial charge in [-0.25, -0.2) is 8.78 Å². The molecule has 0 aliphatic heterocycles. The number of anilines is 1. The standard InChI is InChI=1S/C19H17Cl2F2N5O/c20-13-2-1-3-14(21)12(13)9-27-7-6-17(26-27)24-18(29)10-28-16(19(22)23)8-15(25-28)11-4-5-11/h1-3,6-8,11,19H,4-5,9-10H2,(H,24,26,29). The van der Waals surface area contributed by atoms with Gasteiger partial charge in [0.25, 0.3) is 6.43 Å². The Morgan fingerprint density at radius 3 is 2.59 bits per heavy atom. The molecule has 3 aromatic rings. The molecule has 6 nitrogen and oxygen atoms in total. The molecule has 0 unspecified atom stereocenters. The number of hydrogen-bond donors (Lipinski definition) is 1. The molecule has 0 saturated heterocycles. The highest BCUT2D eigenvalue weighted by atomic mass is 35.5. The average Bonchev–Trinajstić information content (AvgIpc) is 3.28. The third-order valence-corrected chi connectivity index (χ3v) is 5.34. The monoisotopic (exact) mass is 439 g/mol. The van der Waals surface area contributed by atoms with Crippen LogP contribution in [0.15, 0.2) is 36.5 Å². The van der Waals surface area contributed by atoms with Crippen LogP contribution >= 0.6 is 23.2 Å². The fourth-order valence-electron chi connectivity index (χ4n) is 3.01. The summed E-state index contributed by atoms with van der Waals surface area (Å²) in [5.41, 5.74) is 1.08. The first-order valence-corrected chi connectivity index (χ1v) is 9.78. The largest absolute Gasteiger partial charge is 0.308 e. The molecule has 0 radical (unpaired) electrons. The Morgan fingerprint density at radius 2 is 1.93 bits per heavy atom. The van der Waals surface area contributed by atoms with E-state index >= 15 is 0 Å². The number of nitrogens with zero attached hydrogens (tertiary/aromatic N) is 4. The second kappa shape index (κ2) is 8.12. The number of alkyl halides is 2. The molecule has 0 bridgehead atoms. The maximum atomic E-state index is 13.2. The van der Waals surface area contributed by atoms with Crippen molar-refractivity contribution in [1.82, 2.24) is 19.6 Å². The van der Waals surface area contributed by atoms with Crippen molar-refractivity contribution in [1.29, 1.82) is 0 Å². The Balaban J connectivity index is 1.42. The highest BCUT2D eigenvalue weighted by molar-refractivity contribution is 6.35. The van der Waals surface area contributed by atoms with Gasteiger partial charge in [-0.15, -0.1) is 0 Å². The van der Waals surface area contributed by atoms with E-state index < -0.39 is 12.3 Å². The van der Waals surface area contributed by atoms with Gasteiger partial charge in [-0.3, -0.25) is 14.2 Å². The van der Waals surface area contributed by atoms with Crippen LogP contribution in [-0.4, -0.2) is 25.5 Å². The summed E-state index contributed by atoms with van der Waals surface area (Å²) < 4.78 is 29.1. The highest BCUT2D eigenvalue weighted by Gasteiger charge is 2.29. The van der Waals surface area contributed by atoms with Crippen LogP contribution in [-0.2, 0) is 17.9 Å². The minimum atomic E-state index is -2.69. The molecule has 152 valence electrons. The van der Waals surface area contributed by atoms with E-state index in [1.165, 1.54) is 6.07 Å². The molecule has 2 heterocycles. The van der Waals surface area contributed by atoms with Gasteiger partial charge in [0.1, 0.15) is 12.2 Å². The number of amides is 1. The fraction of sp³-hybridized carbons (Fsp3) is 0.316. The van der Waals surface area contributed by atoms with Crippen LogP contribution in [0.3, 0.4) is 0 Å². The molecule has 1 amide bonds. The minimum absolute atomic E-state index is 0.226. The summed E-state index contributed by atoms with van der Waals surface area (Å²) in [6.07, 6.45) is 0.860. The maximum absolute atomic E-state index is 13.2. The molecule has 1 N–H and O–H groups in total. The van der Waals surface area contributed by atoms with Gasteiger partial charge in [-0.2, -0.15) is 10.2 Å². The third kappa shape index (κ3) is 4.59. The molecular weight excluding hydrogens is 423 g/mol. The van der Waals surface area contributed by atoms with E-state index in [-0.39, 0.29) is 18.2 Å². The molecule has 1 aliphatic carbocycles. The van der Waals surface area contributed by atoms with Crippen molar-refractivity contribution >= 4 is 34.9 Å². The molecule has 29 heavy (non-hydrogen) atoms. The summed E-state index contributed by atoms with van der Waals surface area (Å²) in [6.45, 7) is 0.0173. The number of hydrogen-bond acceptors (Lipinski definition) is 3. The van der Waals surface area contributed by atoms with E-state index in [4.69, 9.17) is 23.2 Å². The molecular formula is C19H17Cl2F2N5O. The summed E-state index contributed by atoms with van der Waals surface area (Å²) in [5.74, 6) is 0.0360. The van der Waals surface area contributed by atoms with E-state index in [9.17, 15) is 13.6 Å². The van der Waals surface area contributed by atoms with Crippen molar-refractivity contribution in [3.05, 3.63) is 63.5 Å². The number of rotatable bonds is 7. The number of carbonyl (C=O) groups is 1. The molecule has 1 fully saturated rings. The Kier molecular flexibility index (Phi) is 5.56. The van der Waals surface area contributed by atoms with E-state index in [1.54, 1.807) is 35.1 Å². The van der Waals surface area contributed by atoms with Crippen LogP contribution in [0.25, 0.3) is 0 Å². The molecule has 0 atom stereocenters. The van der Waals surface area contributed by atoms with Gasteiger partial charge in [0, 0.05) is 33.8 Å². The van der Waals surface area contributed by atoms with Crippen molar-refractivity contribution in [2.75, 3.05) is 5.32 Å². The van der Waals surface area contributed by atoms with Gasteiger partial charge < -0.3 is 5.32 Å². The Morgan fingerprint density at radius 1 is 1.21 bits per heavy atom. The predicted molar refractivity (Wildman–Crippen MR) is 106 cm³/mol. The summed E-state index contributed by atoms with van der Waals surface area (Å²) in [4.78, 5) is 12.3. The lowest BCUT2D eigenvalue weighted by atomic mass is 10.2. The Bertz CT molecular complexity index is 1020. The van der Waals surface area contributed by atoms with Crippen molar-refractivity contribution in [3.8, 4) is 0 Å².